The molecule has 0 spiro atoms. The Balaban J connectivity index is 2.28. The molecular formula is C13H16FNO4S. The van der Waals surface area contributed by atoms with Crippen LogP contribution in [0, 0.1) is 11.7 Å². The van der Waals surface area contributed by atoms with Gasteiger partial charge in [-0.25, -0.2) is 22.3 Å². The second-order valence-corrected chi connectivity index (χ2v) is 6.52. The Morgan fingerprint density at radius 2 is 2.15 bits per heavy atom. The maximum absolute atomic E-state index is 13.3. The van der Waals surface area contributed by atoms with Crippen LogP contribution in [-0.4, -0.2) is 28.0 Å². The van der Waals surface area contributed by atoms with Crippen molar-refractivity contribution in [2.24, 2.45) is 5.92 Å². The highest BCUT2D eigenvalue weighted by Crippen LogP contribution is 2.26. The van der Waals surface area contributed by atoms with Crippen molar-refractivity contribution >= 4 is 16.0 Å². The molecule has 0 atom stereocenters. The first-order valence-corrected chi connectivity index (χ1v) is 7.80. The molecule has 0 heterocycles. The second-order valence-electron chi connectivity index (χ2n) is 4.78. The number of carbonyl (C=O) groups is 1. The van der Waals surface area contributed by atoms with Crippen LogP contribution in [0.1, 0.15) is 29.6 Å². The lowest BCUT2D eigenvalue weighted by Crippen LogP contribution is -2.33. The molecule has 2 rings (SSSR count). The zero-order valence-electron chi connectivity index (χ0n) is 11.1. The van der Waals surface area contributed by atoms with Gasteiger partial charge in [0.05, 0.1) is 17.6 Å². The minimum atomic E-state index is -3.93. The lowest BCUT2D eigenvalue weighted by molar-refractivity contribution is 0.0596. The summed E-state index contributed by atoms with van der Waals surface area (Å²) in [5.41, 5.74) is -0.171. The number of rotatable bonds is 5. The Kier molecular flexibility index (Phi) is 4.39. The first-order valence-electron chi connectivity index (χ1n) is 6.31. The van der Waals surface area contributed by atoms with E-state index in [1.54, 1.807) is 0 Å². The summed E-state index contributed by atoms with van der Waals surface area (Å²) < 4.78 is 44.6. The fourth-order valence-electron chi connectivity index (χ4n) is 2.00. The average molecular weight is 301 g/mol. The van der Waals surface area contributed by atoms with Gasteiger partial charge in [0.2, 0.25) is 10.0 Å². The number of halogens is 1. The van der Waals surface area contributed by atoms with Crippen LogP contribution in [0.15, 0.2) is 23.1 Å². The molecule has 0 radical (unpaired) electrons. The maximum Gasteiger partial charge on any atom is 0.339 e. The van der Waals surface area contributed by atoms with E-state index in [4.69, 9.17) is 0 Å². The summed E-state index contributed by atoms with van der Waals surface area (Å²) in [5, 5.41) is 0. The van der Waals surface area contributed by atoms with Crippen LogP contribution in [0.2, 0.25) is 0 Å². The molecule has 5 nitrogen and oxygen atoms in total. The Labute approximate surface area is 117 Å². The first-order chi connectivity index (χ1) is 9.44. The Bertz CT molecular complexity index is 611. The monoisotopic (exact) mass is 301 g/mol. The number of hydrogen-bond acceptors (Lipinski definition) is 4. The van der Waals surface area contributed by atoms with Crippen LogP contribution < -0.4 is 4.72 Å². The molecule has 1 aromatic carbocycles. The number of hydrogen-bond donors (Lipinski definition) is 1. The molecule has 0 amide bonds. The minimum absolute atomic E-state index is 0.171. The summed E-state index contributed by atoms with van der Waals surface area (Å²) in [4.78, 5) is 11.2. The molecule has 1 saturated carbocycles. The lowest BCUT2D eigenvalue weighted by atomic mass is 9.86. The van der Waals surface area contributed by atoms with E-state index in [1.165, 1.54) is 0 Å². The fraction of sp³-hybridized carbons (Fsp3) is 0.462. The van der Waals surface area contributed by atoms with Crippen molar-refractivity contribution in [3.8, 4) is 0 Å². The lowest BCUT2D eigenvalue weighted by Gasteiger charge is -2.25. The van der Waals surface area contributed by atoms with Crippen LogP contribution in [0.5, 0.6) is 0 Å². The summed E-state index contributed by atoms with van der Waals surface area (Å²) in [5.74, 6) is -1.21. The van der Waals surface area contributed by atoms with Gasteiger partial charge in [-0.2, -0.15) is 0 Å². The highest BCUT2D eigenvalue weighted by Gasteiger charge is 2.26. The van der Waals surface area contributed by atoms with Crippen molar-refractivity contribution in [2.75, 3.05) is 13.7 Å². The van der Waals surface area contributed by atoms with Gasteiger partial charge in [-0.05, 0) is 37.0 Å². The number of nitrogens with one attached hydrogen (secondary N) is 1. The summed E-state index contributed by atoms with van der Waals surface area (Å²) in [7, 11) is -2.79. The molecule has 110 valence electrons. The van der Waals surface area contributed by atoms with Crippen molar-refractivity contribution in [3.05, 3.63) is 29.6 Å². The Morgan fingerprint density at radius 3 is 2.70 bits per heavy atom. The van der Waals surface area contributed by atoms with E-state index < -0.39 is 21.8 Å². The van der Waals surface area contributed by atoms with Crippen molar-refractivity contribution in [1.82, 2.24) is 4.72 Å². The predicted molar refractivity (Wildman–Crippen MR) is 70.3 cm³/mol. The highest BCUT2D eigenvalue weighted by molar-refractivity contribution is 7.89. The van der Waals surface area contributed by atoms with E-state index in [0.29, 0.717) is 12.5 Å². The van der Waals surface area contributed by atoms with Gasteiger partial charge < -0.3 is 4.74 Å². The molecule has 0 aliphatic heterocycles. The Hall–Kier alpha value is -1.47. The van der Waals surface area contributed by atoms with E-state index in [2.05, 4.69) is 9.46 Å². The number of methoxy groups -OCH3 is 1. The average Bonchev–Trinajstić information content (AvgIpc) is 2.35. The van der Waals surface area contributed by atoms with Gasteiger partial charge in [-0.1, -0.05) is 6.42 Å². The van der Waals surface area contributed by atoms with Gasteiger partial charge in [0.1, 0.15) is 5.82 Å². The maximum atomic E-state index is 13.3. The van der Waals surface area contributed by atoms with Crippen molar-refractivity contribution in [3.63, 3.8) is 0 Å². The van der Waals surface area contributed by atoms with E-state index >= 15 is 0 Å². The number of sulfonamides is 1. The second kappa shape index (κ2) is 5.88. The summed E-state index contributed by atoms with van der Waals surface area (Å²) in [6.07, 6.45) is 3.06. The van der Waals surface area contributed by atoms with Gasteiger partial charge in [-0.3, -0.25) is 0 Å². The normalized spacial score (nSPS) is 15.7. The standard InChI is InChI=1S/C13H16FNO4S/c1-19-13(16)11-6-5-10(14)7-12(11)20(17,18)15-8-9-3-2-4-9/h5-7,9,15H,2-4,8H2,1H3. The third-order valence-corrected chi connectivity index (χ3v) is 4.89. The number of esters is 1. The number of ether oxygens (including phenoxy) is 1. The molecule has 1 aromatic rings. The van der Waals surface area contributed by atoms with Crippen molar-refractivity contribution in [1.29, 1.82) is 0 Å². The van der Waals surface area contributed by atoms with E-state index in [1.807, 2.05) is 0 Å². The SMILES string of the molecule is COC(=O)c1ccc(F)cc1S(=O)(=O)NCC1CCC1. The van der Waals surface area contributed by atoms with E-state index in [9.17, 15) is 17.6 Å². The molecule has 0 unspecified atom stereocenters. The van der Waals surface area contributed by atoms with E-state index in [0.717, 1.165) is 44.6 Å². The van der Waals surface area contributed by atoms with E-state index in [-0.39, 0.29) is 10.5 Å². The zero-order valence-corrected chi connectivity index (χ0v) is 11.9. The zero-order chi connectivity index (χ0) is 14.8. The van der Waals surface area contributed by atoms with Crippen LogP contribution in [-0.2, 0) is 14.8 Å². The van der Waals surface area contributed by atoms with Crippen molar-refractivity contribution < 1.29 is 22.3 Å². The van der Waals surface area contributed by atoms with Gasteiger partial charge in [0.15, 0.2) is 0 Å². The van der Waals surface area contributed by atoms with Crippen molar-refractivity contribution in [2.45, 2.75) is 24.2 Å². The van der Waals surface area contributed by atoms with Crippen LogP contribution >= 0.6 is 0 Å². The molecule has 0 aromatic heterocycles. The molecule has 0 bridgehead atoms. The number of carbonyl (C=O) groups excluding carboxylic acids is 1. The Morgan fingerprint density at radius 1 is 1.45 bits per heavy atom. The molecule has 7 heteroatoms. The minimum Gasteiger partial charge on any atom is -0.465 e. The molecule has 1 aliphatic rings. The number of benzene rings is 1. The molecule has 1 aliphatic carbocycles. The van der Waals surface area contributed by atoms with Crippen LogP contribution in [0.25, 0.3) is 0 Å². The molecule has 1 fully saturated rings. The third-order valence-electron chi connectivity index (χ3n) is 3.43. The first kappa shape index (κ1) is 14.9. The van der Waals surface area contributed by atoms with Gasteiger partial charge in [-0.15, -0.1) is 0 Å². The smallest absolute Gasteiger partial charge is 0.339 e. The highest BCUT2D eigenvalue weighted by atomic mass is 32.2. The molecule has 20 heavy (non-hydrogen) atoms. The largest absolute Gasteiger partial charge is 0.465 e. The topological polar surface area (TPSA) is 72.5 Å². The molecule has 1 N–H and O–H groups in total. The molecule has 0 saturated heterocycles. The van der Waals surface area contributed by atoms with Gasteiger partial charge >= 0.3 is 5.97 Å². The fourth-order valence-corrected chi connectivity index (χ4v) is 3.32. The van der Waals surface area contributed by atoms with Gasteiger partial charge in [0.25, 0.3) is 0 Å². The van der Waals surface area contributed by atoms with Crippen LogP contribution in [0.3, 0.4) is 0 Å². The summed E-state index contributed by atoms with van der Waals surface area (Å²) >= 11 is 0. The summed E-state index contributed by atoms with van der Waals surface area (Å²) in [6.45, 7) is 0.305. The van der Waals surface area contributed by atoms with Gasteiger partial charge in [0, 0.05) is 6.54 Å². The summed E-state index contributed by atoms with van der Waals surface area (Å²) in [6, 6.07) is 2.96. The van der Waals surface area contributed by atoms with Crippen LogP contribution in [0.4, 0.5) is 4.39 Å². The third kappa shape index (κ3) is 3.16. The quantitative estimate of drug-likeness (QED) is 0.840. The molecular weight excluding hydrogens is 285 g/mol. The predicted octanol–water partition coefficient (Wildman–Crippen LogP) is 1.69.